The summed E-state index contributed by atoms with van der Waals surface area (Å²) in [6, 6.07) is 22.5. The zero-order valence-corrected chi connectivity index (χ0v) is 19.8. The zero-order valence-electron chi connectivity index (χ0n) is 19.0. The number of anilines is 1. The highest BCUT2D eigenvalue weighted by atomic mass is 32.1. The number of aryl methyl sites for hydroxylation is 2. The van der Waals surface area contributed by atoms with Crippen LogP contribution in [-0.4, -0.2) is 27.0 Å². The predicted molar refractivity (Wildman–Crippen MR) is 133 cm³/mol. The van der Waals surface area contributed by atoms with E-state index in [4.69, 9.17) is 4.74 Å². The number of carbonyl (C=O) groups is 2. The van der Waals surface area contributed by atoms with E-state index >= 15 is 0 Å². The van der Waals surface area contributed by atoms with Crippen LogP contribution in [0.15, 0.2) is 90.2 Å². The first kappa shape index (κ1) is 22.5. The Hall–Kier alpha value is -4.30. The fraction of sp³-hybridized carbons (Fsp3) is 0.111. The van der Waals surface area contributed by atoms with Crippen LogP contribution in [0.3, 0.4) is 0 Å². The fourth-order valence-electron chi connectivity index (χ4n) is 3.97. The second-order valence-electron chi connectivity index (χ2n) is 8.13. The summed E-state index contributed by atoms with van der Waals surface area (Å²) in [6.07, 6.45) is 0. The van der Waals surface area contributed by atoms with Crippen molar-refractivity contribution in [1.29, 1.82) is 0 Å². The van der Waals surface area contributed by atoms with E-state index in [1.165, 1.54) is 16.2 Å². The molecule has 0 saturated heterocycles. The van der Waals surface area contributed by atoms with Gasteiger partial charge in [-0.05, 0) is 43.7 Å². The summed E-state index contributed by atoms with van der Waals surface area (Å²) < 4.78 is 5.98. The van der Waals surface area contributed by atoms with Crippen LogP contribution in [0.1, 0.15) is 32.5 Å². The molecule has 1 N–H and O–H groups in total. The topological polar surface area (TPSA) is 92.6 Å². The molecule has 8 heteroatoms. The van der Waals surface area contributed by atoms with Gasteiger partial charge in [0, 0.05) is 5.56 Å². The largest absolute Gasteiger partial charge is 0.503 e. The van der Waals surface area contributed by atoms with Crippen molar-refractivity contribution in [2.75, 3.05) is 4.90 Å². The minimum atomic E-state index is -0.900. The lowest BCUT2D eigenvalue weighted by Crippen LogP contribution is -2.31. The number of nitrogens with zero attached hydrogens (tertiary/aromatic N) is 3. The van der Waals surface area contributed by atoms with E-state index in [1.54, 1.807) is 43.3 Å². The van der Waals surface area contributed by atoms with Gasteiger partial charge in [0.25, 0.3) is 5.91 Å². The number of aliphatic hydroxyl groups is 1. The van der Waals surface area contributed by atoms with Crippen molar-refractivity contribution in [3.63, 3.8) is 0 Å². The van der Waals surface area contributed by atoms with Crippen LogP contribution < -0.4 is 9.64 Å². The van der Waals surface area contributed by atoms with Gasteiger partial charge in [0.2, 0.25) is 5.13 Å². The van der Waals surface area contributed by atoms with Gasteiger partial charge in [-0.25, -0.2) is 0 Å². The molecule has 174 valence electrons. The van der Waals surface area contributed by atoms with Gasteiger partial charge >= 0.3 is 0 Å². The number of aliphatic hydroxyl groups excluding tert-OH is 1. The summed E-state index contributed by atoms with van der Waals surface area (Å²) >= 11 is 1.21. The highest BCUT2D eigenvalue weighted by Crippen LogP contribution is 2.43. The molecule has 0 saturated carbocycles. The molecule has 4 aromatic rings. The van der Waals surface area contributed by atoms with Gasteiger partial charge in [0.1, 0.15) is 16.5 Å². The van der Waals surface area contributed by atoms with Gasteiger partial charge < -0.3 is 9.84 Å². The number of rotatable bonds is 6. The molecule has 1 aliphatic heterocycles. The Morgan fingerprint density at radius 1 is 0.943 bits per heavy atom. The first-order valence-corrected chi connectivity index (χ1v) is 11.7. The second kappa shape index (κ2) is 9.15. The molecule has 5 rings (SSSR count). The first-order chi connectivity index (χ1) is 16.9. The summed E-state index contributed by atoms with van der Waals surface area (Å²) in [6.45, 7) is 3.70. The molecule has 1 aromatic heterocycles. The maximum Gasteiger partial charge on any atom is 0.296 e. The molecule has 0 spiro atoms. The van der Waals surface area contributed by atoms with E-state index in [0.29, 0.717) is 32.8 Å². The number of aromatic nitrogens is 2. The molecule has 3 aromatic carbocycles. The summed E-state index contributed by atoms with van der Waals surface area (Å²) in [7, 11) is 0. The second-order valence-corrected chi connectivity index (χ2v) is 9.29. The molecule has 0 bridgehead atoms. The Kier molecular flexibility index (Phi) is 5.88. The SMILES string of the molecule is Cc1ccc(C(=O)C2=C(O)C(=O)N(c3nnc(C)s3)C2c2cccc(Oc3ccccc3)c2)cc1. The van der Waals surface area contributed by atoms with Gasteiger partial charge in [-0.15, -0.1) is 10.2 Å². The van der Waals surface area contributed by atoms with Gasteiger partial charge in [0.15, 0.2) is 11.5 Å². The molecule has 0 radical (unpaired) electrons. The summed E-state index contributed by atoms with van der Waals surface area (Å²) in [5.41, 5.74) is 1.96. The van der Waals surface area contributed by atoms with E-state index < -0.39 is 23.5 Å². The predicted octanol–water partition coefficient (Wildman–Crippen LogP) is 5.73. The number of amides is 1. The number of benzene rings is 3. The molecule has 2 heterocycles. The van der Waals surface area contributed by atoms with Gasteiger partial charge in [0.05, 0.1) is 11.6 Å². The molecule has 7 nitrogen and oxygen atoms in total. The highest BCUT2D eigenvalue weighted by Gasteiger charge is 2.46. The van der Waals surface area contributed by atoms with Crippen molar-refractivity contribution < 1.29 is 19.4 Å². The number of carbonyl (C=O) groups excluding carboxylic acids is 2. The normalized spacial score (nSPS) is 15.5. The van der Waals surface area contributed by atoms with Crippen LogP contribution in [0, 0.1) is 13.8 Å². The number of ether oxygens (including phenoxy) is 1. The lowest BCUT2D eigenvalue weighted by molar-refractivity contribution is -0.117. The highest BCUT2D eigenvalue weighted by molar-refractivity contribution is 7.15. The maximum atomic E-state index is 13.6. The number of hydrogen-bond acceptors (Lipinski definition) is 7. The van der Waals surface area contributed by atoms with Crippen LogP contribution in [0.25, 0.3) is 0 Å². The smallest absolute Gasteiger partial charge is 0.296 e. The van der Waals surface area contributed by atoms with Crippen molar-refractivity contribution in [2.45, 2.75) is 19.9 Å². The molecule has 0 fully saturated rings. The van der Waals surface area contributed by atoms with Crippen LogP contribution in [0.5, 0.6) is 11.5 Å². The average molecular weight is 484 g/mol. The van der Waals surface area contributed by atoms with Crippen LogP contribution in [0.2, 0.25) is 0 Å². The lowest BCUT2D eigenvalue weighted by Gasteiger charge is -2.24. The summed E-state index contributed by atoms with van der Waals surface area (Å²) in [5.74, 6) is -0.543. The Balaban J connectivity index is 1.61. The van der Waals surface area contributed by atoms with Crippen molar-refractivity contribution >= 4 is 28.2 Å². The van der Waals surface area contributed by atoms with E-state index in [-0.39, 0.29) is 5.57 Å². The molecule has 0 aliphatic carbocycles. The number of ketones is 1. The molecular formula is C27H21N3O4S. The molecule has 1 unspecified atom stereocenters. The maximum absolute atomic E-state index is 13.6. The number of Topliss-reactive ketones (excluding diaryl/α,β-unsaturated/α-hetero) is 1. The Morgan fingerprint density at radius 3 is 2.34 bits per heavy atom. The molecule has 1 aliphatic rings. The third kappa shape index (κ3) is 4.31. The minimum Gasteiger partial charge on any atom is -0.503 e. The van der Waals surface area contributed by atoms with Gasteiger partial charge in [-0.1, -0.05) is 71.5 Å². The minimum absolute atomic E-state index is 0.0106. The first-order valence-electron chi connectivity index (χ1n) is 10.9. The molecule has 1 atom stereocenters. The third-order valence-corrected chi connectivity index (χ3v) is 6.48. The Morgan fingerprint density at radius 2 is 1.66 bits per heavy atom. The monoisotopic (exact) mass is 483 g/mol. The van der Waals surface area contributed by atoms with Gasteiger partial charge in [-0.3, -0.25) is 14.5 Å². The number of para-hydroxylation sites is 1. The standard InChI is InChI=1S/C27H21N3O4S/c1-16-11-13-18(14-12-16)24(31)22-23(30(26(33)25(22)32)27-29-28-17(2)35-27)19-7-6-10-21(15-19)34-20-8-4-3-5-9-20/h3-15,23,32H,1-2H3. The quantitative estimate of drug-likeness (QED) is 0.352. The van der Waals surface area contributed by atoms with E-state index in [1.807, 2.05) is 49.4 Å². The van der Waals surface area contributed by atoms with Crippen LogP contribution >= 0.6 is 11.3 Å². The molecular weight excluding hydrogens is 462 g/mol. The van der Waals surface area contributed by atoms with Crippen molar-refractivity contribution in [3.8, 4) is 11.5 Å². The molecule has 35 heavy (non-hydrogen) atoms. The van der Waals surface area contributed by atoms with E-state index in [0.717, 1.165) is 5.56 Å². The zero-order chi connectivity index (χ0) is 24.5. The lowest BCUT2D eigenvalue weighted by atomic mass is 9.92. The summed E-state index contributed by atoms with van der Waals surface area (Å²) in [4.78, 5) is 28.2. The van der Waals surface area contributed by atoms with Crippen molar-refractivity contribution in [1.82, 2.24) is 10.2 Å². The fourth-order valence-corrected chi connectivity index (χ4v) is 4.68. The average Bonchev–Trinajstić information content (AvgIpc) is 3.40. The summed E-state index contributed by atoms with van der Waals surface area (Å²) in [5, 5.41) is 20.0. The number of hydrogen-bond donors (Lipinski definition) is 1. The van der Waals surface area contributed by atoms with Crippen LogP contribution in [-0.2, 0) is 4.79 Å². The third-order valence-electron chi connectivity index (χ3n) is 5.64. The molecule has 1 amide bonds. The van der Waals surface area contributed by atoms with Crippen molar-refractivity contribution in [2.24, 2.45) is 0 Å². The van der Waals surface area contributed by atoms with Crippen molar-refractivity contribution in [3.05, 3.63) is 112 Å². The van der Waals surface area contributed by atoms with E-state index in [9.17, 15) is 14.7 Å². The Labute approximate surface area is 206 Å². The Bertz CT molecular complexity index is 1440. The van der Waals surface area contributed by atoms with Gasteiger partial charge in [-0.2, -0.15) is 0 Å². The van der Waals surface area contributed by atoms with E-state index in [2.05, 4.69) is 10.2 Å². The van der Waals surface area contributed by atoms with Crippen LogP contribution in [0.4, 0.5) is 5.13 Å².